The van der Waals surface area contributed by atoms with Crippen LogP contribution in [0.25, 0.3) is 0 Å². The van der Waals surface area contributed by atoms with Crippen LogP contribution in [0.3, 0.4) is 0 Å². The molecule has 6 heteroatoms. The van der Waals surface area contributed by atoms with Gasteiger partial charge in [0, 0.05) is 16.6 Å². The monoisotopic (exact) mass is 350 g/mol. The van der Waals surface area contributed by atoms with Crippen molar-refractivity contribution in [2.24, 2.45) is 0 Å². The first-order valence-corrected chi connectivity index (χ1v) is 8.95. The normalized spacial score (nSPS) is 17.0. The zero-order valence-corrected chi connectivity index (χ0v) is 15.2. The largest absolute Gasteiger partial charge is 0.304 e. The van der Waals surface area contributed by atoms with Gasteiger partial charge in [0.25, 0.3) is 0 Å². The highest BCUT2D eigenvalue weighted by molar-refractivity contribution is 7.71. The number of hydrogen-bond acceptors (Lipinski definition) is 3. The topological polar surface area (TPSA) is 34.8 Å². The molecule has 0 radical (unpaired) electrons. The third-order valence-corrected chi connectivity index (χ3v) is 5.41. The molecule has 1 saturated carbocycles. The lowest BCUT2D eigenvalue weighted by molar-refractivity contribution is 0.297. The van der Waals surface area contributed by atoms with Gasteiger partial charge in [0.1, 0.15) is 6.33 Å². The molecule has 0 atom stereocenters. The van der Waals surface area contributed by atoms with Gasteiger partial charge in [0.2, 0.25) is 0 Å². The van der Waals surface area contributed by atoms with E-state index in [1.54, 1.807) is 0 Å². The lowest BCUT2D eigenvalue weighted by Crippen LogP contribution is -2.41. The zero-order chi connectivity index (χ0) is 16.4. The molecule has 0 aliphatic heterocycles. The number of nitrogens with zero attached hydrogens (tertiary/aromatic N) is 3. The van der Waals surface area contributed by atoms with Crippen molar-refractivity contribution in [2.45, 2.75) is 57.8 Å². The minimum absolute atomic E-state index is 0.000965. The molecule has 1 N–H and O–H groups in total. The minimum atomic E-state index is 0.000965. The fraction of sp³-hybridized carbons (Fsp3) is 0.529. The van der Waals surface area contributed by atoms with Gasteiger partial charge < -0.3 is 4.57 Å². The quantitative estimate of drug-likeness (QED) is 0.796. The van der Waals surface area contributed by atoms with Crippen molar-refractivity contribution in [1.29, 1.82) is 0 Å². The molecule has 1 aromatic heterocycles. The van der Waals surface area contributed by atoms with Crippen molar-refractivity contribution >= 4 is 23.8 Å². The third-order valence-electron chi connectivity index (χ3n) is 4.73. The molecule has 2 aromatic rings. The smallest absolute Gasteiger partial charge is 0.199 e. The van der Waals surface area contributed by atoms with E-state index in [9.17, 15) is 0 Å². The summed E-state index contributed by atoms with van der Waals surface area (Å²) in [6, 6.07) is 8.53. The fourth-order valence-electron chi connectivity index (χ4n) is 3.35. The first-order valence-electron chi connectivity index (χ1n) is 8.17. The van der Waals surface area contributed by atoms with Gasteiger partial charge in [-0.3, -0.25) is 5.32 Å². The first kappa shape index (κ1) is 16.7. The van der Waals surface area contributed by atoms with Gasteiger partial charge in [-0.25, -0.2) is 4.68 Å². The molecule has 0 spiro atoms. The van der Waals surface area contributed by atoms with Crippen LogP contribution in [0.4, 0.5) is 0 Å². The van der Waals surface area contributed by atoms with E-state index < -0.39 is 0 Å². The molecule has 0 amide bonds. The van der Waals surface area contributed by atoms with Gasteiger partial charge in [-0.05, 0) is 56.6 Å². The van der Waals surface area contributed by atoms with Crippen molar-refractivity contribution in [3.63, 3.8) is 0 Å². The van der Waals surface area contributed by atoms with Crippen LogP contribution in [0.1, 0.15) is 51.1 Å². The molecule has 1 aromatic carbocycles. The number of aromatic nitrogens is 3. The fourth-order valence-corrected chi connectivity index (χ4v) is 3.85. The zero-order valence-electron chi connectivity index (χ0n) is 13.6. The van der Waals surface area contributed by atoms with Crippen LogP contribution in [0, 0.1) is 4.77 Å². The lowest BCUT2D eigenvalue weighted by atomic mass is 9.88. The van der Waals surface area contributed by atoms with Gasteiger partial charge >= 0.3 is 0 Å². The van der Waals surface area contributed by atoms with Gasteiger partial charge in [-0.2, -0.15) is 5.10 Å². The standard InChI is InChI=1S/C17H23ClN4S/c1-13(2)21-12-20-22(16(21)23)11-19-17(9-3-4-10-17)14-5-7-15(18)8-6-14/h5-8,12-13,19H,3-4,9-11H2,1-2H3. The van der Waals surface area contributed by atoms with Gasteiger partial charge in [0.05, 0.1) is 6.67 Å². The molecular formula is C17H23ClN4S. The number of halogens is 1. The highest BCUT2D eigenvalue weighted by Crippen LogP contribution is 2.39. The van der Waals surface area contributed by atoms with E-state index in [1.165, 1.54) is 18.4 Å². The summed E-state index contributed by atoms with van der Waals surface area (Å²) in [7, 11) is 0. The van der Waals surface area contributed by atoms with E-state index >= 15 is 0 Å². The Hall–Kier alpha value is -1.17. The summed E-state index contributed by atoms with van der Waals surface area (Å²) in [5, 5.41) is 8.92. The highest BCUT2D eigenvalue weighted by Gasteiger charge is 2.35. The highest BCUT2D eigenvalue weighted by atomic mass is 35.5. The van der Waals surface area contributed by atoms with E-state index in [4.69, 9.17) is 23.8 Å². The summed E-state index contributed by atoms with van der Waals surface area (Å²) in [6.45, 7) is 4.85. The van der Waals surface area contributed by atoms with E-state index in [2.05, 4.69) is 36.4 Å². The lowest BCUT2D eigenvalue weighted by Gasteiger charge is -2.31. The van der Waals surface area contributed by atoms with Crippen LogP contribution in [0.5, 0.6) is 0 Å². The Bertz CT molecular complexity index is 711. The number of nitrogens with one attached hydrogen (secondary N) is 1. The second kappa shape index (κ2) is 6.75. The Morgan fingerprint density at radius 2 is 1.91 bits per heavy atom. The average Bonchev–Trinajstić information content (AvgIpc) is 3.14. The molecule has 3 rings (SSSR count). The Labute approximate surface area is 147 Å². The maximum atomic E-state index is 6.04. The molecule has 0 saturated heterocycles. The molecule has 1 aliphatic rings. The minimum Gasteiger partial charge on any atom is -0.304 e. The molecule has 1 aliphatic carbocycles. The predicted octanol–water partition coefficient (Wildman–Crippen LogP) is 4.66. The number of rotatable bonds is 5. The third kappa shape index (κ3) is 3.37. The SMILES string of the molecule is CC(C)n1cnn(CNC2(c3ccc(Cl)cc3)CCCC2)c1=S. The van der Waals surface area contributed by atoms with Crippen LogP contribution in [-0.2, 0) is 12.2 Å². The second-order valence-electron chi connectivity index (χ2n) is 6.55. The van der Waals surface area contributed by atoms with Crippen molar-refractivity contribution in [3.05, 3.63) is 45.9 Å². The molecule has 1 fully saturated rings. The van der Waals surface area contributed by atoms with Crippen LogP contribution in [-0.4, -0.2) is 14.3 Å². The Balaban J connectivity index is 1.81. The number of hydrogen-bond donors (Lipinski definition) is 1. The molecule has 0 unspecified atom stereocenters. The Morgan fingerprint density at radius 1 is 1.26 bits per heavy atom. The number of benzene rings is 1. The van der Waals surface area contributed by atoms with Crippen molar-refractivity contribution in [3.8, 4) is 0 Å². The molecule has 124 valence electrons. The van der Waals surface area contributed by atoms with E-state index in [0.29, 0.717) is 12.7 Å². The molecule has 4 nitrogen and oxygen atoms in total. The summed E-state index contributed by atoms with van der Waals surface area (Å²) in [5.41, 5.74) is 1.30. The summed E-state index contributed by atoms with van der Waals surface area (Å²) in [6.07, 6.45) is 6.56. The second-order valence-corrected chi connectivity index (χ2v) is 7.35. The maximum absolute atomic E-state index is 6.04. The van der Waals surface area contributed by atoms with Crippen LogP contribution in [0.2, 0.25) is 5.02 Å². The van der Waals surface area contributed by atoms with Crippen LogP contribution < -0.4 is 5.32 Å². The van der Waals surface area contributed by atoms with Gasteiger partial charge in [-0.15, -0.1) is 0 Å². The van der Waals surface area contributed by atoms with E-state index in [-0.39, 0.29) is 5.54 Å². The summed E-state index contributed by atoms with van der Waals surface area (Å²) in [5.74, 6) is 0. The van der Waals surface area contributed by atoms with Crippen LogP contribution >= 0.6 is 23.8 Å². The predicted molar refractivity (Wildman–Crippen MR) is 96.2 cm³/mol. The van der Waals surface area contributed by atoms with Gasteiger partial charge in [-0.1, -0.05) is 36.6 Å². The Kier molecular flexibility index (Phi) is 4.90. The Morgan fingerprint density at radius 3 is 2.48 bits per heavy atom. The molecule has 1 heterocycles. The molecule has 0 bridgehead atoms. The van der Waals surface area contributed by atoms with Crippen molar-refractivity contribution in [2.75, 3.05) is 0 Å². The van der Waals surface area contributed by atoms with Crippen LogP contribution in [0.15, 0.2) is 30.6 Å². The van der Waals surface area contributed by atoms with Crippen molar-refractivity contribution < 1.29 is 0 Å². The molecular weight excluding hydrogens is 328 g/mol. The molecule has 23 heavy (non-hydrogen) atoms. The summed E-state index contributed by atoms with van der Waals surface area (Å²) < 4.78 is 4.64. The van der Waals surface area contributed by atoms with E-state index in [1.807, 2.05) is 27.7 Å². The van der Waals surface area contributed by atoms with Gasteiger partial charge in [0.15, 0.2) is 4.77 Å². The van der Waals surface area contributed by atoms with Crippen molar-refractivity contribution in [1.82, 2.24) is 19.7 Å². The maximum Gasteiger partial charge on any atom is 0.199 e. The summed E-state index contributed by atoms with van der Waals surface area (Å²) >= 11 is 11.6. The summed E-state index contributed by atoms with van der Waals surface area (Å²) in [4.78, 5) is 0. The first-order chi connectivity index (χ1) is 11.0. The average molecular weight is 351 g/mol. The van der Waals surface area contributed by atoms with E-state index in [0.717, 1.165) is 22.6 Å².